The average Bonchev–Trinajstić information content (AvgIpc) is 3.12. The van der Waals surface area contributed by atoms with Crippen LogP contribution < -0.4 is 5.19 Å². The average molecular weight is 360 g/mol. The fourth-order valence-corrected chi connectivity index (χ4v) is 9.86. The van der Waals surface area contributed by atoms with Gasteiger partial charge in [0.2, 0.25) is 0 Å². The zero-order valence-corrected chi connectivity index (χ0v) is 17.4. The molecule has 4 heteroatoms. The lowest BCUT2D eigenvalue weighted by Crippen LogP contribution is -2.51. The van der Waals surface area contributed by atoms with Gasteiger partial charge in [0.1, 0.15) is 0 Å². The van der Waals surface area contributed by atoms with Crippen LogP contribution >= 0.6 is 0 Å². The second kappa shape index (κ2) is 9.31. The predicted octanol–water partition coefficient (Wildman–Crippen LogP) is 2.71. The summed E-state index contributed by atoms with van der Waals surface area (Å²) in [4.78, 5) is 7.71. The summed E-state index contributed by atoms with van der Waals surface area (Å²) in [5.74, 6) is 0. The molecule has 0 N–H and O–H groups in total. The van der Waals surface area contributed by atoms with Crippen molar-refractivity contribution in [3.8, 4) is 0 Å². The SMILES string of the molecule is CN(C)CCCN1CCN(CC[Si]2(c3ccccc3)CCCC2)CC1. The third kappa shape index (κ3) is 5.39. The standard InChI is InChI=1S/C21H37N3Si/c1-22(2)11-8-12-23-13-15-24(16-14-23)17-20-25(18-6-7-19-25)21-9-4-3-5-10-21/h3-5,9-10H,6-8,11-20H2,1-2H3. The lowest BCUT2D eigenvalue weighted by molar-refractivity contribution is 0.133. The molecular weight excluding hydrogens is 322 g/mol. The molecule has 0 aromatic heterocycles. The van der Waals surface area contributed by atoms with Gasteiger partial charge in [-0.3, -0.25) is 0 Å². The van der Waals surface area contributed by atoms with E-state index < -0.39 is 8.07 Å². The molecule has 0 radical (unpaired) electrons. The van der Waals surface area contributed by atoms with Gasteiger partial charge in [-0.2, -0.15) is 0 Å². The third-order valence-corrected chi connectivity index (χ3v) is 11.8. The summed E-state index contributed by atoms with van der Waals surface area (Å²) < 4.78 is 0. The van der Waals surface area contributed by atoms with E-state index in [4.69, 9.17) is 0 Å². The molecule has 1 aromatic rings. The maximum absolute atomic E-state index is 2.75. The van der Waals surface area contributed by atoms with Crippen molar-refractivity contribution >= 4 is 13.3 Å². The zero-order chi connectivity index (χ0) is 17.5. The Morgan fingerprint density at radius 3 is 2.08 bits per heavy atom. The topological polar surface area (TPSA) is 9.72 Å². The lowest BCUT2D eigenvalue weighted by Gasteiger charge is -2.37. The Balaban J connectivity index is 1.44. The van der Waals surface area contributed by atoms with E-state index in [0.29, 0.717) is 0 Å². The first kappa shape index (κ1) is 19.1. The number of rotatable bonds is 8. The van der Waals surface area contributed by atoms with Crippen molar-refractivity contribution in [3.05, 3.63) is 30.3 Å². The fraction of sp³-hybridized carbons (Fsp3) is 0.714. The highest BCUT2D eigenvalue weighted by Gasteiger charge is 2.38. The Labute approximate surface area is 156 Å². The highest BCUT2D eigenvalue weighted by molar-refractivity contribution is 6.92. The van der Waals surface area contributed by atoms with E-state index in [0.717, 1.165) is 0 Å². The van der Waals surface area contributed by atoms with Crippen molar-refractivity contribution in [2.45, 2.75) is 37.4 Å². The van der Waals surface area contributed by atoms with Gasteiger partial charge in [0.25, 0.3) is 0 Å². The normalized spacial score (nSPS) is 21.9. The summed E-state index contributed by atoms with van der Waals surface area (Å²) in [6.07, 6.45) is 4.25. The van der Waals surface area contributed by atoms with E-state index in [1.165, 1.54) is 83.2 Å². The minimum absolute atomic E-state index is 1.20. The maximum Gasteiger partial charge on any atom is 0.0879 e. The van der Waals surface area contributed by atoms with Gasteiger partial charge in [0.15, 0.2) is 0 Å². The van der Waals surface area contributed by atoms with Crippen molar-refractivity contribution in [2.75, 3.05) is 59.9 Å². The van der Waals surface area contributed by atoms with Crippen molar-refractivity contribution in [1.29, 1.82) is 0 Å². The quantitative estimate of drug-likeness (QED) is 0.661. The molecule has 0 spiro atoms. The monoisotopic (exact) mass is 359 g/mol. The van der Waals surface area contributed by atoms with Crippen LogP contribution in [0.3, 0.4) is 0 Å². The fourth-order valence-electron chi connectivity index (χ4n) is 4.75. The first-order valence-electron chi connectivity index (χ1n) is 10.3. The number of piperazine rings is 1. The van der Waals surface area contributed by atoms with Gasteiger partial charge in [-0.05, 0) is 46.2 Å². The molecule has 2 saturated heterocycles. The molecule has 25 heavy (non-hydrogen) atoms. The largest absolute Gasteiger partial charge is 0.309 e. The number of benzene rings is 1. The summed E-state index contributed by atoms with van der Waals surface area (Å²) >= 11 is 0. The second-order valence-corrected chi connectivity index (χ2v) is 13.1. The van der Waals surface area contributed by atoms with Gasteiger partial charge in [0, 0.05) is 26.2 Å². The molecule has 0 atom stereocenters. The second-order valence-electron chi connectivity index (χ2n) is 8.44. The Kier molecular flexibility index (Phi) is 7.11. The lowest BCUT2D eigenvalue weighted by atomic mass is 10.3. The highest BCUT2D eigenvalue weighted by atomic mass is 28.3. The van der Waals surface area contributed by atoms with Gasteiger partial charge >= 0.3 is 0 Å². The van der Waals surface area contributed by atoms with E-state index in [9.17, 15) is 0 Å². The number of hydrogen-bond acceptors (Lipinski definition) is 3. The van der Waals surface area contributed by atoms with Crippen molar-refractivity contribution in [2.24, 2.45) is 0 Å². The summed E-state index contributed by atoms with van der Waals surface area (Å²) in [5.41, 5.74) is 0. The molecule has 0 unspecified atom stereocenters. The van der Waals surface area contributed by atoms with Gasteiger partial charge in [-0.1, -0.05) is 60.4 Å². The number of hydrogen-bond donors (Lipinski definition) is 0. The molecule has 3 nitrogen and oxygen atoms in total. The smallest absolute Gasteiger partial charge is 0.0879 e. The van der Waals surface area contributed by atoms with Gasteiger partial charge in [-0.25, -0.2) is 0 Å². The van der Waals surface area contributed by atoms with E-state index >= 15 is 0 Å². The van der Waals surface area contributed by atoms with E-state index in [2.05, 4.69) is 59.1 Å². The summed E-state index contributed by atoms with van der Waals surface area (Å²) in [6.45, 7) is 8.93. The first-order chi connectivity index (χ1) is 12.2. The Bertz CT molecular complexity index is 491. The van der Waals surface area contributed by atoms with E-state index in [1.807, 2.05) is 0 Å². The van der Waals surface area contributed by atoms with E-state index in [1.54, 1.807) is 5.19 Å². The zero-order valence-electron chi connectivity index (χ0n) is 16.4. The molecule has 140 valence electrons. The van der Waals surface area contributed by atoms with Gasteiger partial charge in [0.05, 0.1) is 8.07 Å². The van der Waals surface area contributed by atoms with Crippen LogP contribution in [0, 0.1) is 0 Å². The molecule has 1 aromatic carbocycles. The first-order valence-corrected chi connectivity index (χ1v) is 13.0. The van der Waals surface area contributed by atoms with Gasteiger partial charge < -0.3 is 14.7 Å². The molecule has 0 saturated carbocycles. The van der Waals surface area contributed by atoms with Crippen LogP contribution in [0.2, 0.25) is 18.1 Å². The van der Waals surface area contributed by atoms with E-state index in [-0.39, 0.29) is 0 Å². The Morgan fingerprint density at radius 2 is 1.48 bits per heavy atom. The minimum atomic E-state index is -1.20. The van der Waals surface area contributed by atoms with Crippen LogP contribution in [0.4, 0.5) is 0 Å². The van der Waals surface area contributed by atoms with Gasteiger partial charge in [-0.15, -0.1) is 0 Å². The highest BCUT2D eigenvalue weighted by Crippen LogP contribution is 2.33. The summed E-state index contributed by atoms with van der Waals surface area (Å²) in [7, 11) is 3.14. The van der Waals surface area contributed by atoms with Crippen molar-refractivity contribution in [3.63, 3.8) is 0 Å². The molecule has 2 aliphatic rings. The molecular formula is C21H37N3Si. The molecule has 2 aliphatic heterocycles. The van der Waals surface area contributed by atoms with Crippen molar-refractivity contribution < 1.29 is 0 Å². The molecule has 2 fully saturated rings. The van der Waals surface area contributed by atoms with Crippen LogP contribution in [0.5, 0.6) is 0 Å². The molecule has 2 heterocycles. The Morgan fingerprint density at radius 1 is 0.880 bits per heavy atom. The van der Waals surface area contributed by atoms with Crippen molar-refractivity contribution in [1.82, 2.24) is 14.7 Å². The molecule has 0 aliphatic carbocycles. The summed E-state index contributed by atoms with van der Waals surface area (Å²) in [5, 5.41) is 1.73. The Hall–Kier alpha value is -0.683. The molecule has 0 bridgehead atoms. The summed E-state index contributed by atoms with van der Waals surface area (Å²) in [6, 6.07) is 16.1. The molecule has 3 rings (SSSR count). The number of nitrogens with zero attached hydrogens (tertiary/aromatic N) is 3. The van der Waals surface area contributed by atoms with Crippen LogP contribution in [0.25, 0.3) is 0 Å². The third-order valence-electron chi connectivity index (χ3n) is 6.40. The predicted molar refractivity (Wildman–Crippen MR) is 112 cm³/mol. The molecule has 0 amide bonds. The minimum Gasteiger partial charge on any atom is -0.309 e. The van der Waals surface area contributed by atoms with Crippen LogP contribution in [-0.4, -0.2) is 82.7 Å². The van der Waals surface area contributed by atoms with Crippen LogP contribution in [0.15, 0.2) is 30.3 Å². The maximum atomic E-state index is 2.75. The van der Waals surface area contributed by atoms with Crippen LogP contribution in [0.1, 0.15) is 19.3 Å². The van der Waals surface area contributed by atoms with Crippen LogP contribution in [-0.2, 0) is 0 Å².